The molecule has 0 radical (unpaired) electrons. The Labute approximate surface area is 91.5 Å². The number of carboxylic acid groups (broad SMARTS) is 1. The molecule has 1 saturated heterocycles. The topological polar surface area (TPSA) is 40.5 Å². The summed E-state index contributed by atoms with van der Waals surface area (Å²) in [4.78, 5) is 13.0. The van der Waals surface area contributed by atoms with Crippen molar-refractivity contribution in [1.29, 1.82) is 0 Å². The van der Waals surface area contributed by atoms with Crippen LogP contribution in [0.5, 0.6) is 0 Å². The van der Waals surface area contributed by atoms with Crippen LogP contribution >= 0.6 is 0 Å². The lowest BCUT2D eigenvalue weighted by molar-refractivity contribution is -0.137. The standard InChI is InChI=1S/C12H21NO2/c14-12(15)7-3-9-13-8-2-5-10-4-1-6-11(10)13/h10-11H,1-9H2,(H,14,15). The third-order valence-electron chi connectivity index (χ3n) is 3.94. The van der Waals surface area contributed by atoms with Crippen molar-refractivity contribution in [3.8, 4) is 0 Å². The lowest BCUT2D eigenvalue weighted by atomic mass is 9.92. The molecule has 0 spiro atoms. The van der Waals surface area contributed by atoms with Crippen LogP contribution < -0.4 is 0 Å². The van der Waals surface area contributed by atoms with Gasteiger partial charge in [0, 0.05) is 12.5 Å². The number of carboxylic acids is 1. The van der Waals surface area contributed by atoms with Gasteiger partial charge in [0.15, 0.2) is 0 Å². The Hall–Kier alpha value is -0.570. The molecule has 15 heavy (non-hydrogen) atoms. The van der Waals surface area contributed by atoms with E-state index >= 15 is 0 Å². The monoisotopic (exact) mass is 211 g/mol. The fourth-order valence-electron chi connectivity index (χ4n) is 3.27. The Balaban J connectivity index is 1.77. The smallest absolute Gasteiger partial charge is 0.303 e. The first-order valence-electron chi connectivity index (χ1n) is 6.23. The van der Waals surface area contributed by atoms with E-state index in [2.05, 4.69) is 4.90 Å². The van der Waals surface area contributed by atoms with Crippen molar-refractivity contribution in [2.75, 3.05) is 13.1 Å². The third-order valence-corrected chi connectivity index (χ3v) is 3.94. The van der Waals surface area contributed by atoms with E-state index in [1.807, 2.05) is 0 Å². The quantitative estimate of drug-likeness (QED) is 0.774. The number of aliphatic carboxylic acids is 1. The van der Waals surface area contributed by atoms with Gasteiger partial charge in [0.1, 0.15) is 0 Å². The number of fused-ring (bicyclic) bond motifs is 1. The third kappa shape index (κ3) is 2.71. The predicted octanol–water partition coefficient (Wildman–Crippen LogP) is 2.12. The number of hydrogen-bond donors (Lipinski definition) is 1. The zero-order valence-corrected chi connectivity index (χ0v) is 9.32. The molecule has 1 saturated carbocycles. The average molecular weight is 211 g/mol. The number of likely N-dealkylation sites (tertiary alicyclic amines) is 1. The fourth-order valence-corrected chi connectivity index (χ4v) is 3.27. The Bertz CT molecular complexity index is 230. The van der Waals surface area contributed by atoms with E-state index in [9.17, 15) is 4.79 Å². The van der Waals surface area contributed by atoms with Gasteiger partial charge in [-0.3, -0.25) is 4.79 Å². The molecule has 0 aromatic heterocycles. The van der Waals surface area contributed by atoms with E-state index in [0.717, 1.165) is 24.9 Å². The van der Waals surface area contributed by atoms with Crippen molar-refractivity contribution >= 4 is 5.97 Å². The van der Waals surface area contributed by atoms with E-state index in [-0.39, 0.29) is 0 Å². The number of rotatable bonds is 4. The molecule has 3 nitrogen and oxygen atoms in total. The number of hydrogen-bond acceptors (Lipinski definition) is 2. The highest BCUT2D eigenvalue weighted by atomic mass is 16.4. The van der Waals surface area contributed by atoms with Crippen LogP contribution in [0.15, 0.2) is 0 Å². The fraction of sp³-hybridized carbons (Fsp3) is 0.917. The Morgan fingerprint density at radius 2 is 2.07 bits per heavy atom. The van der Waals surface area contributed by atoms with Crippen LogP contribution in [0.1, 0.15) is 44.9 Å². The molecule has 86 valence electrons. The van der Waals surface area contributed by atoms with Crippen LogP contribution in [0.2, 0.25) is 0 Å². The molecule has 0 bridgehead atoms. The zero-order chi connectivity index (χ0) is 10.7. The minimum atomic E-state index is -0.657. The van der Waals surface area contributed by atoms with Gasteiger partial charge in [-0.2, -0.15) is 0 Å². The molecule has 0 aromatic carbocycles. The Morgan fingerprint density at radius 1 is 1.27 bits per heavy atom. The summed E-state index contributed by atoms with van der Waals surface area (Å²) in [7, 11) is 0. The molecule has 0 amide bonds. The summed E-state index contributed by atoms with van der Waals surface area (Å²) >= 11 is 0. The minimum Gasteiger partial charge on any atom is -0.481 e. The first kappa shape index (κ1) is 10.9. The van der Waals surface area contributed by atoms with Gasteiger partial charge >= 0.3 is 5.97 Å². The summed E-state index contributed by atoms with van der Waals surface area (Å²) in [6.45, 7) is 2.19. The van der Waals surface area contributed by atoms with Crippen molar-refractivity contribution < 1.29 is 9.90 Å². The summed E-state index contributed by atoms with van der Waals surface area (Å²) in [6, 6.07) is 0.785. The summed E-state index contributed by atoms with van der Waals surface area (Å²) in [5, 5.41) is 8.61. The molecule has 2 fully saturated rings. The number of piperidine rings is 1. The van der Waals surface area contributed by atoms with Gasteiger partial charge in [0.05, 0.1) is 0 Å². The van der Waals surface area contributed by atoms with Crippen molar-refractivity contribution in [2.24, 2.45) is 5.92 Å². The molecule has 1 aliphatic heterocycles. The number of carbonyl (C=O) groups is 1. The summed E-state index contributed by atoms with van der Waals surface area (Å²) in [5.74, 6) is 0.263. The highest BCUT2D eigenvalue weighted by Crippen LogP contribution is 2.36. The molecule has 2 unspecified atom stereocenters. The molecule has 1 heterocycles. The lowest BCUT2D eigenvalue weighted by Crippen LogP contribution is -2.43. The summed E-state index contributed by atoms with van der Waals surface area (Å²) < 4.78 is 0. The largest absolute Gasteiger partial charge is 0.481 e. The second-order valence-electron chi connectivity index (χ2n) is 4.93. The summed E-state index contributed by atoms with van der Waals surface area (Å²) in [6.07, 6.45) is 7.99. The average Bonchev–Trinajstić information content (AvgIpc) is 2.65. The van der Waals surface area contributed by atoms with Crippen molar-refractivity contribution in [1.82, 2.24) is 4.90 Å². The summed E-state index contributed by atoms with van der Waals surface area (Å²) in [5.41, 5.74) is 0. The van der Waals surface area contributed by atoms with E-state index < -0.39 is 5.97 Å². The highest BCUT2D eigenvalue weighted by molar-refractivity contribution is 5.66. The molecule has 2 rings (SSSR count). The van der Waals surface area contributed by atoms with E-state index in [1.54, 1.807) is 0 Å². The molecule has 2 atom stereocenters. The highest BCUT2D eigenvalue weighted by Gasteiger charge is 2.34. The van der Waals surface area contributed by atoms with Crippen LogP contribution in [0, 0.1) is 5.92 Å². The molecular formula is C12H21NO2. The van der Waals surface area contributed by atoms with Gasteiger partial charge in [-0.05, 0) is 51.1 Å². The zero-order valence-electron chi connectivity index (χ0n) is 9.32. The van der Waals surface area contributed by atoms with Gasteiger partial charge < -0.3 is 10.0 Å². The van der Waals surface area contributed by atoms with E-state index in [4.69, 9.17) is 5.11 Å². The molecular weight excluding hydrogens is 190 g/mol. The van der Waals surface area contributed by atoms with Gasteiger partial charge in [0.2, 0.25) is 0 Å². The van der Waals surface area contributed by atoms with Crippen LogP contribution in [0.25, 0.3) is 0 Å². The molecule has 0 aromatic rings. The van der Waals surface area contributed by atoms with E-state index in [1.165, 1.54) is 38.6 Å². The second-order valence-corrected chi connectivity index (χ2v) is 4.93. The molecule has 3 heteroatoms. The lowest BCUT2D eigenvalue weighted by Gasteiger charge is -2.37. The van der Waals surface area contributed by atoms with Gasteiger partial charge in [-0.15, -0.1) is 0 Å². The van der Waals surface area contributed by atoms with E-state index in [0.29, 0.717) is 6.42 Å². The maximum atomic E-state index is 10.5. The second kappa shape index (κ2) is 4.97. The first-order valence-corrected chi connectivity index (χ1v) is 6.23. The molecule has 1 aliphatic carbocycles. The first-order chi connectivity index (χ1) is 7.27. The van der Waals surface area contributed by atoms with Crippen LogP contribution in [-0.4, -0.2) is 35.1 Å². The Kier molecular flexibility index (Phi) is 3.62. The Morgan fingerprint density at radius 3 is 2.87 bits per heavy atom. The van der Waals surface area contributed by atoms with Crippen molar-refractivity contribution in [3.05, 3.63) is 0 Å². The normalized spacial score (nSPS) is 31.5. The van der Waals surface area contributed by atoms with Crippen LogP contribution in [0.4, 0.5) is 0 Å². The SMILES string of the molecule is O=C(O)CCCN1CCCC2CCCC21. The maximum Gasteiger partial charge on any atom is 0.303 e. The molecule has 1 N–H and O–H groups in total. The van der Waals surface area contributed by atoms with Gasteiger partial charge in [0.25, 0.3) is 0 Å². The van der Waals surface area contributed by atoms with Crippen molar-refractivity contribution in [3.63, 3.8) is 0 Å². The van der Waals surface area contributed by atoms with Crippen molar-refractivity contribution in [2.45, 2.75) is 51.0 Å². The number of nitrogens with zero attached hydrogens (tertiary/aromatic N) is 1. The maximum absolute atomic E-state index is 10.5. The minimum absolute atomic E-state index is 0.327. The predicted molar refractivity (Wildman–Crippen MR) is 58.8 cm³/mol. The van der Waals surface area contributed by atoms with Crippen LogP contribution in [0.3, 0.4) is 0 Å². The van der Waals surface area contributed by atoms with Crippen LogP contribution in [-0.2, 0) is 4.79 Å². The van der Waals surface area contributed by atoms with Gasteiger partial charge in [-0.1, -0.05) is 6.42 Å². The molecule has 2 aliphatic rings. The van der Waals surface area contributed by atoms with Gasteiger partial charge in [-0.25, -0.2) is 0 Å².